The van der Waals surface area contributed by atoms with E-state index < -0.39 is 72.5 Å². The van der Waals surface area contributed by atoms with Gasteiger partial charge in [0.05, 0.1) is 6.42 Å². The van der Waals surface area contributed by atoms with Gasteiger partial charge in [0, 0.05) is 25.8 Å². The summed E-state index contributed by atoms with van der Waals surface area (Å²) in [5, 5.41) is 38.2. The Morgan fingerprint density at radius 1 is 0.444 bits per heavy atom. The molecule has 0 fully saturated rings. The first-order valence-electron chi connectivity index (χ1n) is 20.2. The van der Waals surface area contributed by atoms with Gasteiger partial charge in [-0.1, -0.05) is 117 Å². The fourth-order valence-electron chi connectivity index (χ4n) is 5.98. The van der Waals surface area contributed by atoms with E-state index in [1.54, 1.807) is 0 Å². The van der Waals surface area contributed by atoms with Gasteiger partial charge in [0.25, 0.3) is 0 Å². The van der Waals surface area contributed by atoms with Crippen LogP contribution in [0.15, 0.2) is 0 Å². The molecule has 0 radical (unpaired) electrons. The molecule has 0 aliphatic heterocycles. The molecule has 0 spiro atoms. The first kappa shape index (κ1) is 53.4. The summed E-state index contributed by atoms with van der Waals surface area (Å²) in [6.45, 7) is 4.43. The molecular formula is C39H70N4NaO10+. The third-order valence-corrected chi connectivity index (χ3v) is 9.18. The Morgan fingerprint density at radius 3 is 1.31 bits per heavy atom. The topological polar surface area (TPSA) is 228 Å². The summed E-state index contributed by atoms with van der Waals surface area (Å²) < 4.78 is 0. The molecule has 0 aliphatic carbocycles. The third kappa shape index (κ3) is 31.6. The Labute approximate surface area is 345 Å². The van der Waals surface area contributed by atoms with E-state index in [4.69, 9.17) is 5.11 Å². The number of aliphatic carboxylic acids is 3. The van der Waals surface area contributed by atoms with E-state index >= 15 is 0 Å². The third-order valence-electron chi connectivity index (χ3n) is 9.18. The van der Waals surface area contributed by atoms with Crippen LogP contribution in [0.5, 0.6) is 0 Å². The van der Waals surface area contributed by atoms with Crippen LogP contribution in [0.4, 0.5) is 0 Å². The molecule has 14 nitrogen and oxygen atoms in total. The number of carbonyl (C=O) groups is 7. The second-order valence-electron chi connectivity index (χ2n) is 14.1. The van der Waals surface area contributed by atoms with Crippen LogP contribution in [0.25, 0.3) is 0 Å². The van der Waals surface area contributed by atoms with Gasteiger partial charge in [-0.05, 0) is 38.5 Å². The summed E-state index contributed by atoms with van der Waals surface area (Å²) >= 11 is 0. The van der Waals surface area contributed by atoms with Crippen LogP contribution in [0.3, 0.4) is 0 Å². The van der Waals surface area contributed by atoms with E-state index in [1.165, 1.54) is 57.8 Å². The maximum absolute atomic E-state index is 13.0. The quantitative estimate of drug-likeness (QED) is 0.0364. The van der Waals surface area contributed by atoms with Gasteiger partial charge in [0.2, 0.25) is 23.6 Å². The number of carboxylic acids is 3. The summed E-state index contributed by atoms with van der Waals surface area (Å²) in [5.41, 5.74) is 0. The SMILES string of the molecule is CCCCCCCCCCCC(=O)NC(CC(=O)O)C(=O)NCCCCC(NC(=O)C(CCC(=O)O)NC(=O)CCCCCCCCCCC)C(=O)O.[Na+]. The van der Waals surface area contributed by atoms with Crippen molar-refractivity contribution in [3.63, 3.8) is 0 Å². The Morgan fingerprint density at radius 2 is 0.889 bits per heavy atom. The van der Waals surface area contributed by atoms with Gasteiger partial charge in [-0.25, -0.2) is 4.79 Å². The summed E-state index contributed by atoms with van der Waals surface area (Å²) in [6.07, 6.45) is 19.1. The molecular weight excluding hydrogens is 707 g/mol. The Bertz CT molecular complexity index is 1080. The van der Waals surface area contributed by atoms with Gasteiger partial charge in [-0.2, -0.15) is 0 Å². The maximum Gasteiger partial charge on any atom is 1.00 e. The zero-order valence-electron chi connectivity index (χ0n) is 33.5. The minimum absolute atomic E-state index is 0. The smallest absolute Gasteiger partial charge is 0.481 e. The van der Waals surface area contributed by atoms with Crippen molar-refractivity contribution in [2.24, 2.45) is 0 Å². The zero-order chi connectivity index (χ0) is 39.7. The van der Waals surface area contributed by atoms with Crippen LogP contribution >= 0.6 is 0 Å². The molecule has 0 saturated heterocycles. The average Bonchev–Trinajstić information content (AvgIpc) is 3.10. The maximum atomic E-state index is 13.0. The fourth-order valence-corrected chi connectivity index (χ4v) is 5.98. The molecule has 306 valence electrons. The molecule has 15 heteroatoms. The molecule has 0 bridgehead atoms. The number of nitrogens with one attached hydrogen (secondary N) is 4. The van der Waals surface area contributed by atoms with Crippen molar-refractivity contribution in [2.45, 2.75) is 199 Å². The number of carbonyl (C=O) groups excluding carboxylic acids is 4. The molecule has 0 saturated carbocycles. The molecule has 0 aromatic carbocycles. The molecule has 0 aromatic rings. The van der Waals surface area contributed by atoms with Gasteiger partial charge in [-0.3, -0.25) is 28.8 Å². The zero-order valence-corrected chi connectivity index (χ0v) is 35.5. The van der Waals surface area contributed by atoms with Crippen LogP contribution in [-0.4, -0.2) is 81.5 Å². The molecule has 0 aromatic heterocycles. The first-order chi connectivity index (χ1) is 25.4. The Balaban J connectivity index is 0. The van der Waals surface area contributed by atoms with Crippen LogP contribution in [0.1, 0.15) is 181 Å². The number of unbranched alkanes of at least 4 members (excludes halogenated alkanes) is 17. The molecule has 7 N–H and O–H groups in total. The van der Waals surface area contributed by atoms with E-state index in [0.717, 1.165) is 44.9 Å². The molecule has 3 unspecified atom stereocenters. The molecule has 0 heterocycles. The van der Waals surface area contributed by atoms with E-state index in [0.29, 0.717) is 19.3 Å². The van der Waals surface area contributed by atoms with Gasteiger partial charge in [0.15, 0.2) is 0 Å². The van der Waals surface area contributed by atoms with Gasteiger partial charge >= 0.3 is 47.5 Å². The normalized spacial score (nSPS) is 12.4. The average molecular weight is 778 g/mol. The Hall–Kier alpha value is -2.71. The molecule has 0 rings (SSSR count). The number of amides is 4. The summed E-state index contributed by atoms with van der Waals surface area (Å²) in [6, 6.07) is -3.78. The van der Waals surface area contributed by atoms with E-state index in [9.17, 15) is 43.8 Å². The van der Waals surface area contributed by atoms with Crippen molar-refractivity contribution in [1.29, 1.82) is 0 Å². The minimum atomic E-state index is -1.32. The molecule has 54 heavy (non-hydrogen) atoms. The van der Waals surface area contributed by atoms with Crippen molar-refractivity contribution < 1.29 is 78.4 Å². The number of rotatable bonds is 36. The van der Waals surface area contributed by atoms with Crippen molar-refractivity contribution in [3.8, 4) is 0 Å². The Kier molecular flexibility index (Phi) is 35.6. The molecule has 4 amide bonds. The second-order valence-corrected chi connectivity index (χ2v) is 14.1. The predicted octanol–water partition coefficient (Wildman–Crippen LogP) is 3.00. The van der Waals surface area contributed by atoms with E-state index in [2.05, 4.69) is 35.1 Å². The van der Waals surface area contributed by atoms with E-state index in [1.807, 2.05) is 0 Å². The van der Waals surface area contributed by atoms with Crippen molar-refractivity contribution >= 4 is 41.5 Å². The standard InChI is InChI=1S/C39H70N4O10.Na/c1-3-5-7-9-11-13-15-17-19-24-33(44)41-30(26-27-35(46)47)38(51)43-31(39(52)53)23-21-22-28-40-37(50)32(29-36(48)49)42-34(45)25-20-18-16-14-12-10-8-6-4-2;/h30-32H,3-29H2,1-2H3,(H,40,50)(H,41,44)(H,42,45)(H,43,51)(H,46,47)(H,48,49)(H,52,53);/q;+1. The monoisotopic (exact) mass is 777 g/mol. The number of hydrogen-bond donors (Lipinski definition) is 7. The predicted molar refractivity (Wildman–Crippen MR) is 203 cm³/mol. The number of hydrogen-bond acceptors (Lipinski definition) is 7. The van der Waals surface area contributed by atoms with E-state index in [-0.39, 0.29) is 68.2 Å². The van der Waals surface area contributed by atoms with Crippen LogP contribution in [0.2, 0.25) is 0 Å². The fraction of sp³-hybridized carbons (Fsp3) is 0.821. The molecule has 0 aliphatic rings. The molecule has 3 atom stereocenters. The largest absolute Gasteiger partial charge is 1.00 e. The van der Waals surface area contributed by atoms with Gasteiger partial charge in [0.1, 0.15) is 18.1 Å². The van der Waals surface area contributed by atoms with Crippen LogP contribution < -0.4 is 50.8 Å². The minimum Gasteiger partial charge on any atom is -0.481 e. The second kappa shape index (κ2) is 36.0. The van der Waals surface area contributed by atoms with Gasteiger partial charge in [-0.15, -0.1) is 0 Å². The van der Waals surface area contributed by atoms with Crippen molar-refractivity contribution in [2.75, 3.05) is 6.54 Å². The van der Waals surface area contributed by atoms with Crippen LogP contribution in [0, 0.1) is 0 Å². The summed E-state index contributed by atoms with van der Waals surface area (Å²) in [7, 11) is 0. The van der Waals surface area contributed by atoms with Crippen molar-refractivity contribution in [3.05, 3.63) is 0 Å². The van der Waals surface area contributed by atoms with Crippen LogP contribution in [-0.2, 0) is 33.6 Å². The number of carboxylic acid groups (broad SMARTS) is 3. The summed E-state index contributed by atoms with van der Waals surface area (Å²) in [5.74, 6) is -5.95. The first-order valence-corrected chi connectivity index (χ1v) is 20.2. The summed E-state index contributed by atoms with van der Waals surface area (Å²) in [4.78, 5) is 85.1. The van der Waals surface area contributed by atoms with Crippen molar-refractivity contribution in [1.82, 2.24) is 21.3 Å². The van der Waals surface area contributed by atoms with Gasteiger partial charge < -0.3 is 36.6 Å².